The van der Waals surface area contributed by atoms with Gasteiger partial charge in [-0.3, -0.25) is 14.5 Å². The Hall–Kier alpha value is -2.15. The third-order valence-electron chi connectivity index (χ3n) is 3.66. The maximum atomic E-state index is 12.5. The molecule has 0 saturated carbocycles. The average molecular weight is 409 g/mol. The van der Waals surface area contributed by atoms with Crippen molar-refractivity contribution >= 4 is 57.9 Å². The van der Waals surface area contributed by atoms with Crippen molar-refractivity contribution in [2.24, 2.45) is 0 Å². The standard InChI is InChI=1S/C18H14Cl2N2O3S/c1-25-15-7-6-12(9-14(15)20)21-10-22-17(23)16(26-18(22)24)8-11-4-2-3-5-13(11)19/h2-9,21H,10H2,1H3/b16-8-. The number of benzene rings is 2. The number of carbonyl (C=O) groups is 2. The Kier molecular flexibility index (Phi) is 5.76. The van der Waals surface area contributed by atoms with Crippen LogP contribution in [0.25, 0.3) is 6.08 Å². The van der Waals surface area contributed by atoms with E-state index in [1.165, 1.54) is 7.11 Å². The summed E-state index contributed by atoms with van der Waals surface area (Å²) in [5.74, 6) is 0.179. The summed E-state index contributed by atoms with van der Waals surface area (Å²) in [6, 6.07) is 12.3. The molecular weight excluding hydrogens is 395 g/mol. The van der Waals surface area contributed by atoms with Gasteiger partial charge in [-0.25, -0.2) is 0 Å². The molecule has 2 aromatic carbocycles. The monoisotopic (exact) mass is 408 g/mol. The molecule has 26 heavy (non-hydrogen) atoms. The van der Waals surface area contributed by atoms with Gasteiger partial charge in [-0.05, 0) is 47.7 Å². The number of halogens is 2. The summed E-state index contributed by atoms with van der Waals surface area (Å²) >= 11 is 13.1. The Morgan fingerprint density at radius 1 is 1.15 bits per heavy atom. The van der Waals surface area contributed by atoms with Gasteiger partial charge in [0.25, 0.3) is 11.1 Å². The molecule has 0 radical (unpaired) electrons. The van der Waals surface area contributed by atoms with Gasteiger partial charge in [0.05, 0.1) is 23.7 Å². The van der Waals surface area contributed by atoms with Crippen molar-refractivity contribution in [1.29, 1.82) is 0 Å². The van der Waals surface area contributed by atoms with Gasteiger partial charge < -0.3 is 10.1 Å². The van der Waals surface area contributed by atoms with Gasteiger partial charge >= 0.3 is 0 Å². The lowest BCUT2D eigenvalue weighted by atomic mass is 10.2. The Labute approximate surface area is 164 Å². The van der Waals surface area contributed by atoms with Crippen molar-refractivity contribution in [3.8, 4) is 5.75 Å². The van der Waals surface area contributed by atoms with Crippen LogP contribution in [0.3, 0.4) is 0 Å². The minimum Gasteiger partial charge on any atom is -0.495 e. The molecule has 0 aromatic heterocycles. The Morgan fingerprint density at radius 3 is 2.62 bits per heavy atom. The number of nitrogens with one attached hydrogen (secondary N) is 1. The summed E-state index contributed by atoms with van der Waals surface area (Å²) < 4.78 is 5.09. The van der Waals surface area contributed by atoms with Crippen LogP contribution in [0.1, 0.15) is 5.56 Å². The summed E-state index contributed by atoms with van der Waals surface area (Å²) in [5.41, 5.74) is 1.36. The number of carbonyl (C=O) groups excluding carboxylic acids is 2. The highest BCUT2D eigenvalue weighted by atomic mass is 35.5. The highest BCUT2D eigenvalue weighted by Crippen LogP contribution is 2.33. The molecule has 0 atom stereocenters. The van der Waals surface area contributed by atoms with Gasteiger partial charge in [0.15, 0.2) is 0 Å². The number of methoxy groups -OCH3 is 1. The second-order valence-corrected chi connectivity index (χ2v) is 7.12. The van der Waals surface area contributed by atoms with E-state index >= 15 is 0 Å². The molecule has 1 heterocycles. The maximum absolute atomic E-state index is 12.5. The molecule has 0 unspecified atom stereocenters. The molecule has 2 aromatic rings. The zero-order chi connectivity index (χ0) is 18.7. The number of anilines is 1. The lowest BCUT2D eigenvalue weighted by Crippen LogP contribution is -2.33. The molecule has 2 amide bonds. The second-order valence-electron chi connectivity index (χ2n) is 5.32. The molecular formula is C18H14Cl2N2O3S. The number of rotatable bonds is 5. The average Bonchev–Trinajstić information content (AvgIpc) is 2.88. The largest absolute Gasteiger partial charge is 0.495 e. The molecule has 0 spiro atoms. The molecule has 1 aliphatic rings. The van der Waals surface area contributed by atoms with Crippen molar-refractivity contribution in [1.82, 2.24) is 4.90 Å². The summed E-state index contributed by atoms with van der Waals surface area (Å²) in [5, 5.41) is 3.62. The van der Waals surface area contributed by atoms with Crippen molar-refractivity contribution < 1.29 is 14.3 Å². The molecule has 5 nitrogen and oxygen atoms in total. The number of hydrogen-bond donors (Lipinski definition) is 1. The van der Waals surface area contributed by atoms with E-state index in [1.54, 1.807) is 42.5 Å². The first-order chi connectivity index (χ1) is 12.5. The number of imide groups is 1. The lowest BCUT2D eigenvalue weighted by molar-refractivity contribution is -0.122. The Morgan fingerprint density at radius 2 is 1.92 bits per heavy atom. The molecule has 1 N–H and O–H groups in total. The van der Waals surface area contributed by atoms with E-state index in [0.29, 0.717) is 32.0 Å². The predicted octanol–water partition coefficient (Wildman–Crippen LogP) is 5.11. The minimum atomic E-state index is -0.368. The summed E-state index contributed by atoms with van der Waals surface area (Å²) in [4.78, 5) is 26.1. The molecule has 8 heteroatoms. The van der Waals surface area contributed by atoms with Crippen LogP contribution >= 0.6 is 35.0 Å². The van der Waals surface area contributed by atoms with Gasteiger partial charge in [-0.1, -0.05) is 41.4 Å². The van der Waals surface area contributed by atoms with Crippen molar-refractivity contribution in [2.45, 2.75) is 0 Å². The summed E-state index contributed by atoms with van der Waals surface area (Å²) in [7, 11) is 1.53. The van der Waals surface area contributed by atoms with E-state index in [9.17, 15) is 9.59 Å². The quantitative estimate of drug-likeness (QED) is 0.696. The fourth-order valence-corrected chi connectivity index (χ4v) is 3.59. The van der Waals surface area contributed by atoms with Crippen molar-refractivity contribution in [3.63, 3.8) is 0 Å². The van der Waals surface area contributed by atoms with Gasteiger partial charge in [0, 0.05) is 10.7 Å². The maximum Gasteiger partial charge on any atom is 0.295 e. The van der Waals surface area contributed by atoms with Crippen LogP contribution in [-0.2, 0) is 4.79 Å². The highest BCUT2D eigenvalue weighted by Gasteiger charge is 2.34. The SMILES string of the molecule is COc1ccc(NCN2C(=O)S/C(=C\c3ccccc3Cl)C2=O)cc1Cl. The van der Waals surface area contributed by atoms with E-state index in [0.717, 1.165) is 16.7 Å². The highest BCUT2D eigenvalue weighted by molar-refractivity contribution is 8.18. The Bertz CT molecular complexity index is 902. The molecule has 1 fully saturated rings. The summed E-state index contributed by atoms with van der Waals surface area (Å²) in [6.07, 6.45) is 1.62. The van der Waals surface area contributed by atoms with Crippen LogP contribution in [0.2, 0.25) is 10.0 Å². The minimum absolute atomic E-state index is 0.0349. The smallest absolute Gasteiger partial charge is 0.295 e. The number of hydrogen-bond acceptors (Lipinski definition) is 5. The fourth-order valence-electron chi connectivity index (χ4n) is 2.32. The molecule has 1 aliphatic heterocycles. The van der Waals surface area contributed by atoms with Gasteiger partial charge in [0.1, 0.15) is 5.75 Å². The zero-order valence-corrected chi connectivity index (χ0v) is 16.0. The predicted molar refractivity (Wildman–Crippen MR) is 106 cm³/mol. The number of nitrogens with zero attached hydrogens (tertiary/aromatic N) is 1. The fraction of sp³-hybridized carbons (Fsp3) is 0.111. The first-order valence-corrected chi connectivity index (χ1v) is 9.14. The van der Waals surface area contributed by atoms with Crippen LogP contribution in [0, 0.1) is 0 Å². The lowest BCUT2D eigenvalue weighted by Gasteiger charge is -2.15. The van der Waals surface area contributed by atoms with Crippen LogP contribution in [0.5, 0.6) is 5.75 Å². The molecule has 0 aliphatic carbocycles. The van der Waals surface area contributed by atoms with E-state index in [4.69, 9.17) is 27.9 Å². The number of amides is 2. The normalized spacial score (nSPS) is 15.7. The second kappa shape index (κ2) is 8.03. The van der Waals surface area contributed by atoms with Crippen molar-refractivity contribution in [2.75, 3.05) is 19.1 Å². The molecule has 1 saturated heterocycles. The van der Waals surface area contributed by atoms with Gasteiger partial charge in [-0.2, -0.15) is 0 Å². The van der Waals surface area contributed by atoms with Crippen LogP contribution in [0.15, 0.2) is 47.4 Å². The third kappa shape index (κ3) is 3.98. The third-order valence-corrected chi connectivity index (χ3v) is 5.21. The van der Waals surface area contributed by atoms with Crippen LogP contribution in [-0.4, -0.2) is 29.8 Å². The van der Waals surface area contributed by atoms with E-state index in [1.807, 2.05) is 6.07 Å². The summed E-state index contributed by atoms with van der Waals surface area (Å²) in [6.45, 7) is 0.0349. The Balaban J connectivity index is 1.71. The zero-order valence-electron chi connectivity index (χ0n) is 13.7. The number of thioether (sulfide) groups is 1. The molecule has 134 valence electrons. The molecule has 3 rings (SSSR count). The first kappa shape index (κ1) is 18.6. The molecule has 0 bridgehead atoms. The van der Waals surface area contributed by atoms with Crippen LogP contribution < -0.4 is 10.1 Å². The van der Waals surface area contributed by atoms with Crippen molar-refractivity contribution in [3.05, 3.63) is 63.0 Å². The van der Waals surface area contributed by atoms with Crippen LogP contribution in [0.4, 0.5) is 10.5 Å². The first-order valence-electron chi connectivity index (χ1n) is 7.57. The van der Waals surface area contributed by atoms with E-state index in [-0.39, 0.29) is 17.8 Å². The van der Waals surface area contributed by atoms with E-state index < -0.39 is 0 Å². The van der Waals surface area contributed by atoms with Gasteiger partial charge in [0.2, 0.25) is 0 Å². The van der Waals surface area contributed by atoms with Gasteiger partial charge in [-0.15, -0.1) is 0 Å². The van der Waals surface area contributed by atoms with E-state index in [2.05, 4.69) is 5.32 Å². The number of ether oxygens (including phenoxy) is 1. The topological polar surface area (TPSA) is 58.6 Å².